The Morgan fingerprint density at radius 2 is 1.03 bits per heavy atom. The summed E-state index contributed by atoms with van der Waals surface area (Å²) in [5.74, 6) is -0.417. The summed E-state index contributed by atoms with van der Waals surface area (Å²) in [7, 11) is 1.65. The van der Waals surface area contributed by atoms with Crippen molar-refractivity contribution in [2.45, 2.75) is 0 Å². The molecule has 1 aromatic heterocycles. The van der Waals surface area contributed by atoms with Crippen LogP contribution in [0.3, 0.4) is 0 Å². The Hall–Kier alpha value is -5.04. The molecule has 0 saturated carbocycles. The van der Waals surface area contributed by atoms with Crippen molar-refractivity contribution in [2.75, 3.05) is 0 Å². The number of hydrogen-bond donors (Lipinski definition) is 2. The van der Waals surface area contributed by atoms with E-state index >= 15 is 0 Å². The van der Waals surface area contributed by atoms with Crippen molar-refractivity contribution in [1.82, 2.24) is 4.57 Å². The molecule has 0 amide bonds. The van der Waals surface area contributed by atoms with Gasteiger partial charge in [-0.05, 0) is 6.07 Å². The lowest BCUT2D eigenvalue weighted by molar-refractivity contribution is 0.487. The van der Waals surface area contributed by atoms with E-state index in [2.05, 4.69) is 0 Å². The van der Waals surface area contributed by atoms with Crippen LogP contribution in [-0.4, -0.2) is 14.8 Å². The van der Waals surface area contributed by atoms with Crippen LogP contribution in [0.15, 0.2) is 79.8 Å². The van der Waals surface area contributed by atoms with Crippen LogP contribution >= 0.6 is 0 Å². The summed E-state index contributed by atoms with van der Waals surface area (Å²) in [5.41, 5.74) is -1.67. The molecule has 7 aromatic rings. The highest BCUT2D eigenvalue weighted by atomic mass is 16.3. The zero-order valence-corrected chi connectivity index (χ0v) is 18.7. The number of aryl methyl sites for hydroxylation is 1. The monoisotopic (exact) mass is 473 g/mol. The van der Waals surface area contributed by atoms with E-state index in [1.54, 1.807) is 60.1 Å². The summed E-state index contributed by atoms with van der Waals surface area (Å²) in [6.45, 7) is 0. The van der Waals surface area contributed by atoms with E-state index in [4.69, 9.17) is 0 Å². The van der Waals surface area contributed by atoms with Crippen LogP contribution in [0.5, 0.6) is 11.5 Å². The standard InChI is InChI=1S/C29H15NO6/c1-30-17-11-19(32)18(31)10-16(17)20-21-22(27(34)13-7-3-2-6-12(13)26(21)33)23-24(25(20)30)29(36)15-9-5-4-8-14(15)28(23)35/h2-11,33,36H,1H3. The minimum atomic E-state index is -0.738. The fraction of sp³-hybridized carbons (Fsp3) is 0.0345. The smallest absolute Gasteiger partial charge is 0.227 e. The molecule has 172 valence electrons. The molecule has 0 unspecified atom stereocenters. The van der Waals surface area contributed by atoms with Crippen molar-refractivity contribution in [3.05, 3.63) is 102 Å². The van der Waals surface area contributed by atoms with E-state index < -0.39 is 21.7 Å². The number of aromatic nitrogens is 1. The number of nitrogens with zero attached hydrogens (tertiary/aromatic N) is 1. The molecule has 2 N–H and O–H groups in total. The zero-order chi connectivity index (χ0) is 25.0. The van der Waals surface area contributed by atoms with Crippen molar-refractivity contribution in [3.63, 3.8) is 0 Å². The second kappa shape index (κ2) is 6.55. The zero-order valence-electron chi connectivity index (χ0n) is 18.7. The molecule has 0 saturated heterocycles. The van der Waals surface area contributed by atoms with E-state index in [9.17, 15) is 29.4 Å². The van der Waals surface area contributed by atoms with Crippen LogP contribution in [0.1, 0.15) is 0 Å². The molecule has 0 bridgehead atoms. The van der Waals surface area contributed by atoms with Gasteiger partial charge in [-0.25, -0.2) is 0 Å². The topological polar surface area (TPSA) is 114 Å². The summed E-state index contributed by atoms with van der Waals surface area (Å²) >= 11 is 0. The average Bonchev–Trinajstić information content (AvgIpc) is 3.16. The van der Waals surface area contributed by atoms with Crippen LogP contribution < -0.4 is 21.7 Å². The highest BCUT2D eigenvalue weighted by molar-refractivity contribution is 6.36. The molecule has 0 fully saturated rings. The first kappa shape index (κ1) is 20.3. The molecule has 7 heteroatoms. The first-order valence-electron chi connectivity index (χ1n) is 11.2. The van der Waals surface area contributed by atoms with Gasteiger partial charge < -0.3 is 14.8 Å². The number of phenolic OH excluding ortho intramolecular Hbond substituents is 2. The summed E-state index contributed by atoms with van der Waals surface area (Å²) in [5, 5.41) is 24.9. The van der Waals surface area contributed by atoms with Gasteiger partial charge in [0.15, 0.2) is 10.9 Å². The van der Waals surface area contributed by atoms with Crippen LogP contribution in [-0.2, 0) is 7.05 Å². The second-order valence-electron chi connectivity index (χ2n) is 9.05. The maximum Gasteiger partial charge on any atom is 0.227 e. The number of hydrogen-bond acceptors (Lipinski definition) is 6. The van der Waals surface area contributed by atoms with Crippen molar-refractivity contribution in [1.29, 1.82) is 0 Å². The summed E-state index contributed by atoms with van der Waals surface area (Å²) in [6.07, 6.45) is 0. The van der Waals surface area contributed by atoms with Crippen molar-refractivity contribution < 1.29 is 10.2 Å². The third-order valence-corrected chi connectivity index (χ3v) is 7.28. The van der Waals surface area contributed by atoms with Gasteiger partial charge in [0.25, 0.3) is 0 Å². The van der Waals surface area contributed by atoms with E-state index in [0.717, 1.165) is 0 Å². The van der Waals surface area contributed by atoms with E-state index in [0.29, 0.717) is 32.6 Å². The van der Waals surface area contributed by atoms with Gasteiger partial charge in [0.2, 0.25) is 10.9 Å². The molecule has 36 heavy (non-hydrogen) atoms. The van der Waals surface area contributed by atoms with Crippen LogP contribution in [0, 0.1) is 0 Å². The summed E-state index contributed by atoms with van der Waals surface area (Å²) in [6, 6.07) is 15.5. The molecular formula is C29H15NO6. The minimum Gasteiger partial charge on any atom is -0.507 e. The molecule has 0 aliphatic heterocycles. The Morgan fingerprint density at radius 1 is 0.556 bits per heavy atom. The largest absolute Gasteiger partial charge is 0.507 e. The van der Waals surface area contributed by atoms with E-state index in [-0.39, 0.29) is 43.8 Å². The van der Waals surface area contributed by atoms with Gasteiger partial charge >= 0.3 is 0 Å². The molecule has 0 atom stereocenters. The third-order valence-electron chi connectivity index (χ3n) is 7.28. The predicted octanol–water partition coefficient (Wildman–Crippen LogP) is 3.67. The molecule has 0 aliphatic rings. The second-order valence-corrected chi connectivity index (χ2v) is 9.05. The lowest BCUT2D eigenvalue weighted by atomic mass is 9.90. The van der Waals surface area contributed by atoms with Crippen LogP contribution in [0.2, 0.25) is 0 Å². The maximum atomic E-state index is 13.9. The normalized spacial score (nSPS) is 12.1. The molecule has 0 spiro atoms. The maximum absolute atomic E-state index is 13.9. The lowest BCUT2D eigenvalue weighted by Crippen LogP contribution is -2.21. The number of benzene rings is 6. The molecular weight excluding hydrogens is 458 g/mol. The van der Waals surface area contributed by atoms with Gasteiger partial charge in [-0.2, -0.15) is 0 Å². The molecule has 7 rings (SSSR count). The van der Waals surface area contributed by atoms with E-state index in [1.165, 1.54) is 12.1 Å². The number of rotatable bonds is 0. The van der Waals surface area contributed by atoms with Crippen molar-refractivity contribution in [2.24, 2.45) is 7.05 Å². The Kier molecular flexibility index (Phi) is 3.70. The van der Waals surface area contributed by atoms with Gasteiger partial charge in [0.05, 0.1) is 16.4 Å². The van der Waals surface area contributed by atoms with Crippen LogP contribution in [0.25, 0.3) is 64.9 Å². The van der Waals surface area contributed by atoms with Crippen LogP contribution in [0.4, 0.5) is 0 Å². The SMILES string of the molecule is Cn1c2cc(=O)c(=O)cc2c2c3c(O)c4ccccc4c(=O)c3c3c(=O)c4ccccc4c(O)c3c21. The third kappa shape index (κ3) is 2.22. The average molecular weight is 473 g/mol. The Bertz CT molecular complexity index is 2370. The van der Waals surface area contributed by atoms with Gasteiger partial charge in [-0.3, -0.25) is 19.2 Å². The van der Waals surface area contributed by atoms with Gasteiger partial charge in [0.1, 0.15) is 11.5 Å². The highest BCUT2D eigenvalue weighted by Gasteiger charge is 2.27. The fourth-order valence-corrected chi connectivity index (χ4v) is 5.72. The summed E-state index contributed by atoms with van der Waals surface area (Å²) in [4.78, 5) is 52.5. The first-order chi connectivity index (χ1) is 17.3. The molecule has 7 nitrogen and oxygen atoms in total. The van der Waals surface area contributed by atoms with Gasteiger partial charge in [-0.15, -0.1) is 0 Å². The number of aromatic hydroxyl groups is 2. The van der Waals surface area contributed by atoms with Gasteiger partial charge in [0, 0.05) is 61.6 Å². The van der Waals surface area contributed by atoms with E-state index in [1.807, 2.05) is 0 Å². The lowest BCUT2D eigenvalue weighted by Gasteiger charge is -2.14. The Morgan fingerprint density at radius 3 is 1.61 bits per heavy atom. The first-order valence-corrected chi connectivity index (χ1v) is 11.2. The quantitative estimate of drug-likeness (QED) is 0.197. The fourth-order valence-electron chi connectivity index (χ4n) is 5.72. The number of phenols is 2. The highest BCUT2D eigenvalue weighted by Crippen LogP contribution is 2.46. The summed E-state index contributed by atoms with van der Waals surface area (Å²) < 4.78 is 1.61. The molecule has 6 aromatic carbocycles. The molecule has 0 radical (unpaired) electrons. The molecule has 0 aliphatic carbocycles. The van der Waals surface area contributed by atoms with Crippen molar-refractivity contribution in [3.8, 4) is 11.5 Å². The Balaban J connectivity index is 2.03. The minimum absolute atomic E-state index is 0.0182. The number of fused-ring (bicyclic) bond motifs is 10. The van der Waals surface area contributed by atoms with Crippen molar-refractivity contribution >= 4 is 64.9 Å². The predicted molar refractivity (Wildman–Crippen MR) is 141 cm³/mol. The van der Waals surface area contributed by atoms with Gasteiger partial charge in [-0.1, -0.05) is 48.5 Å². The Labute approximate surface area is 200 Å². The molecule has 1 heterocycles.